The molecule has 0 saturated carbocycles. The van der Waals surface area contributed by atoms with Crippen molar-refractivity contribution >= 4 is 37.6 Å². The summed E-state index contributed by atoms with van der Waals surface area (Å²) in [6.07, 6.45) is 0.604. The van der Waals surface area contributed by atoms with Crippen molar-refractivity contribution < 1.29 is 21.8 Å². The highest BCUT2D eigenvalue weighted by atomic mass is 32.2. The Morgan fingerprint density at radius 1 is 0.647 bits per heavy atom. The van der Waals surface area contributed by atoms with Crippen LogP contribution in [0.1, 0.15) is 0 Å². The number of hydrogen-bond donors (Lipinski definition) is 0. The van der Waals surface area contributed by atoms with Gasteiger partial charge in [-0.15, -0.1) is 0 Å². The zero-order valence-electron chi connectivity index (χ0n) is 20.9. The summed E-state index contributed by atoms with van der Waals surface area (Å²) in [6, 6.07) is 27.9. The Labute approximate surface area is 209 Å². The quantitative estimate of drug-likeness (QED) is 0.200. The Hall–Kier alpha value is -2.05. The van der Waals surface area contributed by atoms with E-state index in [1.165, 1.54) is 14.7 Å². The molecular weight excluding hydrogens is 501 g/mol. The minimum absolute atomic E-state index is 0.221. The van der Waals surface area contributed by atoms with Gasteiger partial charge in [-0.2, -0.15) is 0 Å². The third-order valence-electron chi connectivity index (χ3n) is 3.91. The molecule has 0 aliphatic rings. The maximum absolute atomic E-state index is 9.08. The summed E-state index contributed by atoms with van der Waals surface area (Å²) in [7, 11) is -7.46. The smallest absolute Gasteiger partial charge is 0.242 e. The van der Waals surface area contributed by atoms with Gasteiger partial charge in [0.15, 0.2) is 14.7 Å². The van der Waals surface area contributed by atoms with Crippen LogP contribution in [0.25, 0.3) is 0 Å². The van der Waals surface area contributed by atoms with Crippen molar-refractivity contribution in [2.45, 2.75) is 54.0 Å². The molecule has 0 heterocycles. The van der Waals surface area contributed by atoms with E-state index >= 15 is 0 Å². The first-order valence-electron chi connectivity index (χ1n) is 10.9. The zero-order chi connectivity index (χ0) is 25.6. The number of benzene rings is 3. The van der Waals surface area contributed by atoms with Crippen molar-refractivity contribution in [2.75, 3.05) is 6.26 Å². The second kappa shape index (κ2) is 11.6. The van der Waals surface area contributed by atoms with E-state index in [2.05, 4.69) is 118 Å². The van der Waals surface area contributed by atoms with Gasteiger partial charge >= 0.3 is 0 Å². The van der Waals surface area contributed by atoms with Crippen LogP contribution in [-0.2, 0) is 21.0 Å². The van der Waals surface area contributed by atoms with Gasteiger partial charge in [0, 0.05) is 18.4 Å². The molecule has 3 rings (SSSR count). The van der Waals surface area contributed by atoms with Crippen molar-refractivity contribution in [2.24, 2.45) is 0 Å². The molecule has 3 aromatic rings. The molecule has 0 aromatic heterocycles. The lowest BCUT2D eigenvalue weighted by Crippen LogP contribution is -2.29. The molecule has 5 nitrogen and oxygen atoms in total. The minimum atomic E-state index is -3.92. The average Bonchev–Trinajstić information content (AvgIpc) is 2.66. The van der Waals surface area contributed by atoms with Gasteiger partial charge in [0.2, 0.25) is 16.6 Å². The molecule has 0 radical (unpaired) electrons. The monoisotopic (exact) mass is 534 g/mol. The maximum atomic E-state index is 9.08. The van der Waals surface area contributed by atoms with E-state index in [1.807, 2.05) is 0 Å². The van der Waals surface area contributed by atoms with E-state index in [9.17, 15) is 0 Å². The predicted octanol–water partition coefficient (Wildman–Crippen LogP) is 6.37. The molecule has 0 aliphatic heterocycles. The van der Waals surface area contributed by atoms with Gasteiger partial charge in [-0.1, -0.05) is 30.3 Å². The molecule has 0 atom stereocenters. The number of hydrogen-bond acceptors (Lipinski definition) is 5. The zero-order valence-corrected chi connectivity index (χ0v) is 24.5. The standard InChI is InChI=1S/C24H31O2SSi2.CH4O3S/c1-28(2,3)25-20-12-10-16-23(18-20)27(22-14-8-7-9-15-22)24-17-11-13-21(19-24)26-29(4,5)6;1-5(2,3)4/h7-19H,1-6H3;1H3,(H,2,3,4)/q+1;/p-1. The summed E-state index contributed by atoms with van der Waals surface area (Å²) < 4.78 is 39.8. The summed E-state index contributed by atoms with van der Waals surface area (Å²) >= 11 is 0. The average molecular weight is 535 g/mol. The largest absolute Gasteiger partial charge is 0.748 e. The highest BCUT2D eigenvalue weighted by Gasteiger charge is 2.30. The minimum Gasteiger partial charge on any atom is -0.748 e. The van der Waals surface area contributed by atoms with Crippen LogP contribution >= 0.6 is 0 Å². The van der Waals surface area contributed by atoms with Crippen LogP contribution in [0.15, 0.2) is 93.5 Å². The van der Waals surface area contributed by atoms with E-state index in [4.69, 9.17) is 21.8 Å². The maximum Gasteiger partial charge on any atom is 0.242 e. The van der Waals surface area contributed by atoms with Crippen LogP contribution in [0.4, 0.5) is 0 Å². The van der Waals surface area contributed by atoms with Crippen molar-refractivity contribution in [3.05, 3.63) is 78.9 Å². The molecule has 0 spiro atoms. The molecule has 184 valence electrons. The Bertz CT molecular complexity index is 1100. The third-order valence-corrected chi connectivity index (χ3v) is 7.80. The van der Waals surface area contributed by atoms with E-state index in [1.54, 1.807) is 0 Å². The Balaban J connectivity index is 0.000000739. The Morgan fingerprint density at radius 2 is 1.00 bits per heavy atom. The second-order valence-corrected chi connectivity index (χ2v) is 22.0. The predicted molar refractivity (Wildman–Crippen MR) is 145 cm³/mol. The second-order valence-electron chi connectivity index (χ2n) is 9.70. The van der Waals surface area contributed by atoms with E-state index < -0.39 is 26.8 Å². The fourth-order valence-corrected chi connectivity index (χ4v) is 6.81. The van der Waals surface area contributed by atoms with Crippen molar-refractivity contribution in [3.63, 3.8) is 0 Å². The molecule has 9 heteroatoms. The Kier molecular flexibility index (Phi) is 9.61. The first-order chi connectivity index (χ1) is 15.6. The Morgan fingerprint density at radius 3 is 1.35 bits per heavy atom. The summed E-state index contributed by atoms with van der Waals surface area (Å²) in [4.78, 5) is 3.82. The first-order valence-corrected chi connectivity index (χ1v) is 20.7. The van der Waals surface area contributed by atoms with Crippen LogP contribution < -0.4 is 8.85 Å². The van der Waals surface area contributed by atoms with Gasteiger partial charge < -0.3 is 13.4 Å². The normalized spacial score (nSPS) is 12.0. The van der Waals surface area contributed by atoms with Gasteiger partial charge in [0.05, 0.1) is 21.0 Å². The molecule has 34 heavy (non-hydrogen) atoms. The highest BCUT2D eigenvalue weighted by Crippen LogP contribution is 2.35. The van der Waals surface area contributed by atoms with Crippen LogP contribution in [-0.4, -0.2) is 35.9 Å². The van der Waals surface area contributed by atoms with E-state index in [0.29, 0.717) is 6.26 Å². The van der Waals surface area contributed by atoms with Gasteiger partial charge in [0.25, 0.3) is 0 Å². The lowest BCUT2D eigenvalue weighted by molar-refractivity contribution is 0.470. The molecule has 0 unspecified atom stereocenters. The van der Waals surface area contributed by atoms with Crippen molar-refractivity contribution in [1.29, 1.82) is 0 Å². The number of rotatable bonds is 7. The molecule has 0 amide bonds. The first kappa shape index (κ1) is 28.2. The van der Waals surface area contributed by atoms with Gasteiger partial charge in [-0.05, 0) is 75.7 Å². The summed E-state index contributed by atoms with van der Waals surface area (Å²) in [5, 5.41) is 0. The van der Waals surface area contributed by atoms with Gasteiger partial charge in [-0.3, -0.25) is 0 Å². The SMILES string of the molecule is CS(=O)(=O)[O-].C[Si](C)(C)Oc1cccc([S+](c2ccccc2)c2cccc(O[Si](C)(C)C)c2)c1. The lowest BCUT2D eigenvalue weighted by atomic mass is 10.3. The summed E-state index contributed by atoms with van der Waals surface area (Å²) in [5.74, 6) is 1.93. The third kappa shape index (κ3) is 10.9. The van der Waals surface area contributed by atoms with Crippen LogP contribution in [0.3, 0.4) is 0 Å². The highest BCUT2D eigenvalue weighted by molar-refractivity contribution is 7.97. The molecule has 0 fully saturated rings. The fourth-order valence-electron chi connectivity index (χ4n) is 3.00. The molecule has 0 saturated heterocycles. The van der Waals surface area contributed by atoms with Gasteiger partial charge in [-0.25, -0.2) is 8.42 Å². The molecule has 0 N–H and O–H groups in total. The fraction of sp³-hybridized carbons (Fsp3) is 0.280. The summed E-state index contributed by atoms with van der Waals surface area (Å²) in [5.41, 5.74) is 0. The lowest BCUT2D eigenvalue weighted by Gasteiger charge is -2.20. The summed E-state index contributed by atoms with van der Waals surface area (Å²) in [6.45, 7) is 13.3. The molecule has 0 bridgehead atoms. The topological polar surface area (TPSA) is 75.7 Å². The van der Waals surface area contributed by atoms with Gasteiger partial charge in [0.1, 0.15) is 11.5 Å². The molecule has 0 aliphatic carbocycles. The van der Waals surface area contributed by atoms with Crippen LogP contribution in [0.5, 0.6) is 11.5 Å². The van der Waals surface area contributed by atoms with E-state index in [-0.39, 0.29) is 10.9 Å². The van der Waals surface area contributed by atoms with Crippen LogP contribution in [0, 0.1) is 0 Å². The van der Waals surface area contributed by atoms with Crippen LogP contribution in [0.2, 0.25) is 39.3 Å². The molecular formula is C25H34O5S2Si2. The molecule has 3 aromatic carbocycles. The van der Waals surface area contributed by atoms with Crippen molar-refractivity contribution in [3.8, 4) is 11.5 Å². The van der Waals surface area contributed by atoms with E-state index in [0.717, 1.165) is 11.5 Å². The van der Waals surface area contributed by atoms with Crippen molar-refractivity contribution in [1.82, 2.24) is 0 Å².